The van der Waals surface area contributed by atoms with Gasteiger partial charge in [0.2, 0.25) is 0 Å². The van der Waals surface area contributed by atoms with Gasteiger partial charge in [-0.3, -0.25) is 5.10 Å². The van der Waals surface area contributed by atoms with Crippen molar-refractivity contribution in [3.63, 3.8) is 0 Å². The van der Waals surface area contributed by atoms with E-state index < -0.39 is 0 Å². The van der Waals surface area contributed by atoms with Gasteiger partial charge in [-0.2, -0.15) is 10.4 Å². The number of aromatic amines is 1. The summed E-state index contributed by atoms with van der Waals surface area (Å²) in [6.07, 6.45) is 7.52. The zero-order valence-corrected chi connectivity index (χ0v) is 17.7. The maximum Gasteiger partial charge on any atom is 0.158 e. The third-order valence-electron chi connectivity index (χ3n) is 6.40. The molecule has 0 radical (unpaired) electrons. The minimum atomic E-state index is -0.356. The average molecular weight is 433 g/mol. The Morgan fingerprint density at radius 3 is 2.72 bits per heavy atom. The van der Waals surface area contributed by atoms with E-state index in [4.69, 9.17) is 15.7 Å². The highest BCUT2D eigenvalue weighted by Gasteiger charge is 2.40. The van der Waals surface area contributed by atoms with Crippen LogP contribution >= 0.6 is 0 Å². The van der Waals surface area contributed by atoms with Crippen LogP contribution in [0.3, 0.4) is 0 Å². The molecule has 0 aliphatic heterocycles. The molecule has 164 valence electrons. The minimum absolute atomic E-state index is 0.00420. The quantitative estimate of drug-likeness (QED) is 0.538. The highest BCUT2D eigenvalue weighted by Crippen LogP contribution is 2.50. The number of nitrogens with zero attached hydrogens (tertiary/aromatic N) is 4. The molecule has 3 aromatic rings. The van der Waals surface area contributed by atoms with Gasteiger partial charge < -0.3 is 15.8 Å². The lowest BCUT2D eigenvalue weighted by Crippen LogP contribution is -2.33. The maximum atomic E-state index is 15.4. The first-order valence-electron chi connectivity index (χ1n) is 10.8. The number of nitrogens with one attached hydrogen (secondary N) is 2. The number of anilines is 2. The Labute approximate surface area is 185 Å². The standard InChI is InChI=1S/C23H24FN7O/c1-23(5-6-23)13-7-15(24)22(19(8-13)32-18-4-2-3-16(18)26)17-9-20(31-30-17)29-21-12-27-14(10-25)11-28-21/h7-9,11-12,16,18H,2-6,26H2,1H3,(H2,28,29,30,31)/t16-,18-/m1/s1. The van der Waals surface area contributed by atoms with Crippen molar-refractivity contribution in [2.24, 2.45) is 5.73 Å². The summed E-state index contributed by atoms with van der Waals surface area (Å²) in [5.74, 6) is 1.00. The number of benzene rings is 1. The van der Waals surface area contributed by atoms with Gasteiger partial charge in [0, 0.05) is 12.1 Å². The summed E-state index contributed by atoms with van der Waals surface area (Å²) in [5.41, 5.74) is 8.22. The number of nitrogens with two attached hydrogens (primary N) is 1. The Kier molecular flexibility index (Phi) is 5.02. The first-order valence-corrected chi connectivity index (χ1v) is 10.8. The Morgan fingerprint density at radius 1 is 1.22 bits per heavy atom. The van der Waals surface area contributed by atoms with Gasteiger partial charge in [0.15, 0.2) is 11.5 Å². The molecular weight excluding hydrogens is 409 g/mol. The van der Waals surface area contributed by atoms with Gasteiger partial charge >= 0.3 is 0 Å². The second kappa shape index (κ2) is 7.88. The fourth-order valence-electron chi connectivity index (χ4n) is 4.12. The number of hydrogen-bond donors (Lipinski definition) is 3. The molecule has 1 aromatic carbocycles. The molecule has 2 atom stereocenters. The second-order valence-corrected chi connectivity index (χ2v) is 8.83. The van der Waals surface area contributed by atoms with E-state index in [9.17, 15) is 0 Å². The third-order valence-corrected chi connectivity index (χ3v) is 6.40. The first kappa shape index (κ1) is 20.4. The molecule has 2 saturated carbocycles. The molecule has 9 heteroatoms. The lowest BCUT2D eigenvalue weighted by atomic mass is 9.95. The van der Waals surface area contributed by atoms with E-state index in [2.05, 4.69) is 32.4 Å². The molecule has 2 fully saturated rings. The lowest BCUT2D eigenvalue weighted by molar-refractivity contribution is 0.191. The molecule has 2 aliphatic rings. The molecule has 0 saturated heterocycles. The van der Waals surface area contributed by atoms with E-state index in [1.165, 1.54) is 12.4 Å². The topological polar surface area (TPSA) is 126 Å². The van der Waals surface area contributed by atoms with Crippen LogP contribution < -0.4 is 15.8 Å². The van der Waals surface area contributed by atoms with Gasteiger partial charge in [-0.15, -0.1) is 0 Å². The van der Waals surface area contributed by atoms with Crippen LogP contribution in [-0.2, 0) is 5.41 Å². The van der Waals surface area contributed by atoms with Gasteiger partial charge in [-0.05, 0) is 55.2 Å². The van der Waals surface area contributed by atoms with Crippen LogP contribution in [0.25, 0.3) is 11.3 Å². The first-order chi connectivity index (χ1) is 15.4. The predicted octanol–water partition coefficient (Wildman–Crippen LogP) is 3.93. The van der Waals surface area contributed by atoms with E-state index in [0.717, 1.165) is 37.7 Å². The normalized spacial score (nSPS) is 21.2. The number of rotatable bonds is 6. The lowest BCUT2D eigenvalue weighted by Gasteiger charge is -2.22. The van der Waals surface area contributed by atoms with Crippen molar-refractivity contribution < 1.29 is 9.13 Å². The molecule has 5 rings (SSSR count). The Bertz CT molecular complexity index is 1180. The summed E-state index contributed by atoms with van der Waals surface area (Å²) in [6.45, 7) is 2.14. The summed E-state index contributed by atoms with van der Waals surface area (Å²) in [6, 6.07) is 7.11. The van der Waals surface area contributed by atoms with E-state index in [1.54, 1.807) is 12.1 Å². The van der Waals surface area contributed by atoms with E-state index in [-0.39, 0.29) is 29.1 Å². The van der Waals surface area contributed by atoms with Crippen molar-refractivity contribution in [1.82, 2.24) is 20.2 Å². The smallest absolute Gasteiger partial charge is 0.158 e. The Morgan fingerprint density at radius 2 is 2.06 bits per heavy atom. The third kappa shape index (κ3) is 3.89. The van der Waals surface area contributed by atoms with Crippen LogP contribution in [0.15, 0.2) is 30.6 Å². The van der Waals surface area contributed by atoms with Crippen LogP contribution in [0, 0.1) is 17.1 Å². The average Bonchev–Trinajstić information content (AvgIpc) is 3.17. The molecule has 0 spiro atoms. The van der Waals surface area contributed by atoms with Crippen LogP contribution in [0.4, 0.5) is 16.0 Å². The number of nitriles is 1. The van der Waals surface area contributed by atoms with Crippen molar-refractivity contribution in [2.45, 2.75) is 56.6 Å². The van der Waals surface area contributed by atoms with Gasteiger partial charge in [0.1, 0.15) is 29.6 Å². The highest BCUT2D eigenvalue weighted by molar-refractivity contribution is 5.72. The fraction of sp³-hybridized carbons (Fsp3) is 0.391. The molecule has 4 N–H and O–H groups in total. The van der Waals surface area contributed by atoms with Crippen LogP contribution in [0.1, 0.15) is 50.3 Å². The second-order valence-electron chi connectivity index (χ2n) is 8.83. The summed E-state index contributed by atoms with van der Waals surface area (Å²) in [7, 11) is 0. The van der Waals surface area contributed by atoms with Crippen molar-refractivity contribution in [3.8, 4) is 23.1 Å². The largest absolute Gasteiger partial charge is 0.488 e. The zero-order valence-electron chi connectivity index (χ0n) is 17.7. The van der Waals surface area contributed by atoms with Crippen LogP contribution in [0.2, 0.25) is 0 Å². The summed E-state index contributed by atoms with van der Waals surface area (Å²) < 4.78 is 21.7. The van der Waals surface area contributed by atoms with Crippen molar-refractivity contribution >= 4 is 11.6 Å². The summed E-state index contributed by atoms with van der Waals surface area (Å²) in [4.78, 5) is 8.10. The molecule has 0 unspecified atom stereocenters. The predicted molar refractivity (Wildman–Crippen MR) is 117 cm³/mol. The highest BCUT2D eigenvalue weighted by atomic mass is 19.1. The van der Waals surface area contributed by atoms with E-state index in [1.807, 2.05) is 12.1 Å². The van der Waals surface area contributed by atoms with Crippen LogP contribution in [-0.4, -0.2) is 32.3 Å². The van der Waals surface area contributed by atoms with Crippen LogP contribution in [0.5, 0.6) is 5.75 Å². The van der Waals surface area contributed by atoms with Gasteiger partial charge in [0.25, 0.3) is 0 Å². The summed E-state index contributed by atoms with van der Waals surface area (Å²) in [5, 5.41) is 19.0. The molecule has 32 heavy (non-hydrogen) atoms. The molecule has 0 bridgehead atoms. The Hall–Kier alpha value is -3.51. The zero-order chi connectivity index (χ0) is 22.3. The monoisotopic (exact) mass is 433 g/mol. The molecular formula is C23H24FN7O. The van der Waals surface area contributed by atoms with Gasteiger partial charge in [0.05, 0.1) is 23.7 Å². The maximum absolute atomic E-state index is 15.4. The van der Waals surface area contributed by atoms with Crippen molar-refractivity contribution in [1.29, 1.82) is 5.26 Å². The molecule has 0 amide bonds. The number of halogens is 1. The summed E-state index contributed by atoms with van der Waals surface area (Å²) >= 11 is 0. The van der Waals surface area contributed by atoms with Gasteiger partial charge in [-0.25, -0.2) is 14.4 Å². The van der Waals surface area contributed by atoms with Gasteiger partial charge in [-0.1, -0.05) is 6.92 Å². The SMILES string of the molecule is CC1(c2cc(F)c(-c3cc(Nc4cnc(C#N)cn4)n[nH]3)c(O[C@@H]3CCC[C@H]3N)c2)CC1. The van der Waals surface area contributed by atoms with E-state index in [0.29, 0.717) is 28.6 Å². The molecule has 2 heterocycles. The molecule has 2 aromatic heterocycles. The fourth-order valence-corrected chi connectivity index (χ4v) is 4.12. The van der Waals surface area contributed by atoms with E-state index >= 15 is 4.39 Å². The molecule has 2 aliphatic carbocycles. The number of aromatic nitrogens is 4. The molecule has 8 nitrogen and oxygen atoms in total. The Balaban J connectivity index is 1.47. The van der Waals surface area contributed by atoms with Crippen molar-refractivity contribution in [3.05, 3.63) is 47.7 Å². The number of hydrogen-bond acceptors (Lipinski definition) is 7. The number of ether oxygens (including phenoxy) is 1. The van der Waals surface area contributed by atoms with Crippen molar-refractivity contribution in [2.75, 3.05) is 5.32 Å². The minimum Gasteiger partial charge on any atom is -0.488 e. The number of H-pyrrole nitrogens is 1.